The summed E-state index contributed by atoms with van der Waals surface area (Å²) in [6, 6.07) is 2.41. The number of nitrogens with two attached hydrogens (primary N) is 4. The van der Waals surface area contributed by atoms with Crippen molar-refractivity contribution in [2.45, 2.75) is 48.5 Å². The molecule has 234 valence electrons. The Morgan fingerprint density at radius 1 is 1.16 bits per heavy atom. The average Bonchev–Trinajstić information content (AvgIpc) is 3.46. The van der Waals surface area contributed by atoms with Crippen LogP contribution in [0.25, 0.3) is 5.76 Å². The Morgan fingerprint density at radius 3 is 2.36 bits per heavy atom. The number of aliphatic hydroxyl groups excluding tert-OH is 2. The van der Waals surface area contributed by atoms with Crippen LogP contribution in [0.5, 0.6) is 5.75 Å². The minimum Gasteiger partial charge on any atom is -0.509 e. The standard InChI is InChI=1S/C29H35N7O8/c1-35(2)22-20(40)17(25(32)43)23(41)27(12-30)24(42)18-19(39)16-13(6-5-7-14(16)37)21(31)28(18,33)26(29(22,27)34)44-15(38)8-11-36-9-3-4-10-36/h5-7,21-22,26,37,39,41H,3-4,8-11,31,33-34H2,1-2H3,(H2,32,43)/t21-,22+,26-,27-,28+,29-/m0/s1. The molecule has 11 N–H and O–H groups in total. The summed E-state index contributed by atoms with van der Waals surface area (Å²) in [6.45, 7) is 1.83. The van der Waals surface area contributed by atoms with Crippen LogP contribution in [0.15, 0.2) is 35.1 Å². The van der Waals surface area contributed by atoms with E-state index in [9.17, 15) is 39.8 Å². The first-order valence-corrected chi connectivity index (χ1v) is 14.0. The van der Waals surface area contributed by atoms with Crippen LogP contribution in [0, 0.1) is 16.7 Å². The molecular formula is C29H35N7O8. The van der Waals surface area contributed by atoms with Gasteiger partial charge in [-0.25, -0.2) is 0 Å². The van der Waals surface area contributed by atoms with E-state index in [1.54, 1.807) is 6.07 Å². The van der Waals surface area contributed by atoms with Crippen LogP contribution in [0.2, 0.25) is 0 Å². The van der Waals surface area contributed by atoms with Gasteiger partial charge in [0.2, 0.25) is 5.41 Å². The zero-order valence-electron chi connectivity index (χ0n) is 24.2. The molecule has 1 aromatic rings. The first kappa shape index (κ1) is 31.1. The summed E-state index contributed by atoms with van der Waals surface area (Å²) in [7, 11) is 2.72. The van der Waals surface area contributed by atoms with Gasteiger partial charge in [0.1, 0.15) is 40.0 Å². The Kier molecular flexibility index (Phi) is 7.35. The lowest BCUT2D eigenvalue weighted by molar-refractivity contribution is -0.177. The molecule has 0 bridgehead atoms. The van der Waals surface area contributed by atoms with Crippen LogP contribution in [0.4, 0.5) is 0 Å². The number of nitrogens with zero attached hydrogens (tertiary/aromatic N) is 3. The fourth-order valence-corrected chi connectivity index (χ4v) is 7.45. The Bertz CT molecular complexity index is 1590. The topological polar surface area (TPSA) is 273 Å². The number of phenolic OH excluding ortho intramolecular Hbond substituents is 1. The van der Waals surface area contributed by atoms with Gasteiger partial charge in [-0.05, 0) is 51.7 Å². The molecule has 15 nitrogen and oxygen atoms in total. The highest BCUT2D eigenvalue weighted by molar-refractivity contribution is 6.26. The van der Waals surface area contributed by atoms with Crippen molar-refractivity contribution in [3.63, 3.8) is 0 Å². The molecule has 4 aliphatic rings. The third kappa shape index (κ3) is 3.79. The molecule has 2 fully saturated rings. The van der Waals surface area contributed by atoms with Crippen molar-refractivity contribution in [3.05, 3.63) is 46.2 Å². The monoisotopic (exact) mass is 609 g/mol. The van der Waals surface area contributed by atoms with Crippen molar-refractivity contribution in [1.82, 2.24) is 9.80 Å². The second kappa shape index (κ2) is 10.4. The summed E-state index contributed by atoms with van der Waals surface area (Å²) in [5.41, 5.74) is 15.9. The third-order valence-electron chi connectivity index (χ3n) is 9.47. The Hall–Kier alpha value is -4.33. The number of fused-ring (bicyclic) bond motifs is 3. The van der Waals surface area contributed by atoms with Crippen molar-refractivity contribution < 1.29 is 39.2 Å². The first-order chi connectivity index (χ1) is 20.6. The van der Waals surface area contributed by atoms with Crippen LogP contribution in [-0.4, -0.2) is 106 Å². The highest BCUT2D eigenvalue weighted by atomic mass is 16.5. The van der Waals surface area contributed by atoms with E-state index >= 15 is 0 Å². The SMILES string of the molecule is CN(C)[C@@H]1C(=O)C(C(N)=O)=C(O)[C@@]2(C#N)C(=O)C3=C(O)c4c(O)cccc4[C@H](N)[C@@]3(N)[C@H](OC(=O)CCN3CCCC3)[C@@]12N. The lowest BCUT2D eigenvalue weighted by Crippen LogP contribution is -2.88. The maximum Gasteiger partial charge on any atom is 0.307 e. The van der Waals surface area contributed by atoms with Crippen LogP contribution >= 0.6 is 0 Å². The zero-order chi connectivity index (χ0) is 32.5. The number of likely N-dealkylation sites (tertiary alicyclic amines) is 1. The van der Waals surface area contributed by atoms with Crippen LogP contribution in [0.3, 0.4) is 0 Å². The summed E-state index contributed by atoms with van der Waals surface area (Å²) in [6.07, 6.45) is -0.314. The number of ether oxygens (including phenoxy) is 1. The van der Waals surface area contributed by atoms with E-state index in [0.717, 1.165) is 25.9 Å². The van der Waals surface area contributed by atoms with Crippen molar-refractivity contribution in [1.29, 1.82) is 5.26 Å². The molecule has 0 spiro atoms. The number of carbonyl (C=O) groups excluding carboxylic acids is 4. The van der Waals surface area contributed by atoms with Crippen molar-refractivity contribution in [2.24, 2.45) is 28.3 Å². The van der Waals surface area contributed by atoms with Crippen LogP contribution in [-0.2, 0) is 23.9 Å². The summed E-state index contributed by atoms with van der Waals surface area (Å²) in [5, 5.41) is 44.5. The minimum atomic E-state index is -3.05. The fourth-order valence-electron chi connectivity index (χ4n) is 7.45. The van der Waals surface area contributed by atoms with Gasteiger partial charge in [-0.3, -0.25) is 24.1 Å². The summed E-state index contributed by atoms with van der Waals surface area (Å²) in [5.74, 6) is -7.66. The van der Waals surface area contributed by atoms with Crippen molar-refractivity contribution in [2.75, 3.05) is 33.7 Å². The molecule has 1 heterocycles. The lowest BCUT2D eigenvalue weighted by Gasteiger charge is -2.62. The number of ketones is 2. The van der Waals surface area contributed by atoms with E-state index in [-0.39, 0.29) is 17.5 Å². The minimum absolute atomic E-state index is 0.0499. The highest BCUT2D eigenvalue weighted by Crippen LogP contribution is 2.60. The number of primary amides is 1. The van der Waals surface area contributed by atoms with E-state index in [1.807, 2.05) is 4.90 Å². The van der Waals surface area contributed by atoms with Gasteiger partial charge >= 0.3 is 5.97 Å². The molecule has 1 aliphatic heterocycles. The molecule has 0 aromatic heterocycles. The van der Waals surface area contributed by atoms with Crippen molar-refractivity contribution in [3.8, 4) is 11.8 Å². The number of amides is 1. The summed E-state index contributed by atoms with van der Waals surface area (Å²) < 4.78 is 5.97. The number of likely N-dealkylation sites (N-methyl/N-ethyl adjacent to an activating group) is 1. The number of benzene rings is 1. The molecule has 44 heavy (non-hydrogen) atoms. The van der Waals surface area contributed by atoms with Crippen LogP contribution < -0.4 is 22.9 Å². The normalized spacial score (nSPS) is 33.5. The van der Waals surface area contributed by atoms with E-state index in [2.05, 4.69) is 0 Å². The number of esters is 1. The number of aliphatic hydroxyl groups is 2. The summed E-state index contributed by atoms with van der Waals surface area (Å²) >= 11 is 0. The van der Waals surface area contributed by atoms with E-state index in [4.69, 9.17) is 27.7 Å². The number of hydrogen-bond acceptors (Lipinski definition) is 14. The molecule has 0 unspecified atom stereocenters. The summed E-state index contributed by atoms with van der Waals surface area (Å²) in [4.78, 5) is 57.8. The van der Waals surface area contributed by atoms with Gasteiger partial charge in [0.05, 0.1) is 35.7 Å². The van der Waals surface area contributed by atoms with E-state index in [1.165, 1.54) is 37.2 Å². The molecule has 1 aromatic carbocycles. The highest BCUT2D eigenvalue weighted by Gasteiger charge is 2.81. The van der Waals surface area contributed by atoms with Gasteiger partial charge in [-0.15, -0.1) is 0 Å². The van der Waals surface area contributed by atoms with E-state index < -0.39 is 86.5 Å². The van der Waals surface area contributed by atoms with E-state index in [0.29, 0.717) is 6.54 Å². The molecule has 0 radical (unpaired) electrons. The molecule has 1 saturated carbocycles. The molecule has 6 atom stereocenters. The first-order valence-electron chi connectivity index (χ1n) is 14.0. The number of hydrogen-bond donors (Lipinski definition) is 7. The van der Waals surface area contributed by atoms with Gasteiger partial charge in [-0.2, -0.15) is 5.26 Å². The molecule has 5 rings (SSSR count). The molecular weight excluding hydrogens is 574 g/mol. The Morgan fingerprint density at radius 2 is 1.80 bits per heavy atom. The second-order valence-electron chi connectivity index (χ2n) is 12.0. The molecule has 15 heteroatoms. The largest absolute Gasteiger partial charge is 0.509 e. The maximum absolute atomic E-state index is 14.7. The number of Topliss-reactive ketones (excluding diaryl/α,β-unsaturated/α-hetero) is 2. The average molecular weight is 610 g/mol. The predicted molar refractivity (Wildman–Crippen MR) is 153 cm³/mol. The van der Waals surface area contributed by atoms with Gasteiger partial charge in [0.15, 0.2) is 11.6 Å². The van der Waals surface area contributed by atoms with Gasteiger partial charge in [0.25, 0.3) is 5.91 Å². The van der Waals surface area contributed by atoms with Crippen molar-refractivity contribution >= 4 is 29.2 Å². The number of carbonyl (C=O) groups is 4. The van der Waals surface area contributed by atoms with Gasteiger partial charge in [-0.1, -0.05) is 12.1 Å². The van der Waals surface area contributed by atoms with Gasteiger partial charge in [0, 0.05) is 6.54 Å². The molecule has 3 aliphatic carbocycles. The molecule has 1 saturated heterocycles. The second-order valence-corrected chi connectivity index (χ2v) is 12.0. The maximum atomic E-state index is 14.7. The number of rotatable bonds is 6. The quantitative estimate of drug-likeness (QED) is 0.141. The zero-order valence-corrected chi connectivity index (χ0v) is 24.2. The predicted octanol–water partition coefficient (Wildman–Crippen LogP) is -1.63. The lowest BCUT2D eigenvalue weighted by atomic mass is 9.45. The Labute approximate surface area is 252 Å². The number of nitriles is 1. The molecule has 1 amide bonds. The smallest absolute Gasteiger partial charge is 0.307 e. The van der Waals surface area contributed by atoms with Crippen LogP contribution in [0.1, 0.15) is 36.4 Å². The Balaban J connectivity index is 1.85. The van der Waals surface area contributed by atoms with Gasteiger partial charge < -0.3 is 47.9 Å². The number of phenols is 1. The third-order valence-corrected chi connectivity index (χ3v) is 9.47. The number of aromatic hydroxyl groups is 1. The fraction of sp³-hybridized carbons (Fsp3) is 0.483.